The average Bonchev–Trinajstić information content (AvgIpc) is 3.02. The Balaban J connectivity index is 1.70. The molecule has 0 aliphatic heterocycles. The summed E-state index contributed by atoms with van der Waals surface area (Å²) in [6.45, 7) is 0. The number of rotatable bonds is 3. The van der Waals surface area contributed by atoms with Crippen LogP contribution in [0, 0.1) is 5.41 Å². The van der Waals surface area contributed by atoms with Gasteiger partial charge >= 0.3 is 6.03 Å². The van der Waals surface area contributed by atoms with E-state index in [4.69, 9.17) is 9.83 Å². The molecular formula is C17H15N3O2S. The zero-order valence-corrected chi connectivity index (χ0v) is 13.2. The zero-order valence-electron chi connectivity index (χ0n) is 12.4. The highest BCUT2D eigenvalue weighted by atomic mass is 32.2. The lowest BCUT2D eigenvalue weighted by atomic mass is 10.2. The van der Waals surface area contributed by atoms with Crippen LogP contribution in [0.4, 0.5) is 16.2 Å². The summed E-state index contributed by atoms with van der Waals surface area (Å²) < 4.78 is 5.27. The van der Waals surface area contributed by atoms with Crippen LogP contribution >= 0.6 is 11.8 Å². The predicted octanol–water partition coefficient (Wildman–Crippen LogP) is 4.77. The van der Waals surface area contributed by atoms with Crippen molar-refractivity contribution in [2.45, 2.75) is 0 Å². The summed E-state index contributed by atoms with van der Waals surface area (Å²) in [6, 6.07) is 14.2. The van der Waals surface area contributed by atoms with Crippen LogP contribution in [0.15, 0.2) is 59.2 Å². The van der Waals surface area contributed by atoms with E-state index in [1.807, 2.05) is 36.6 Å². The molecule has 0 atom stereocenters. The molecule has 2 aromatic carbocycles. The SMILES string of the molecule is CSC(=N)c1cccc(NC(=O)Nc2ccc3occc3c2)c1. The molecule has 0 aliphatic carbocycles. The van der Waals surface area contributed by atoms with Crippen LogP contribution in [0.25, 0.3) is 11.0 Å². The van der Waals surface area contributed by atoms with E-state index >= 15 is 0 Å². The van der Waals surface area contributed by atoms with Gasteiger partial charge in [0.15, 0.2) is 0 Å². The fourth-order valence-electron chi connectivity index (χ4n) is 2.19. The number of hydrogen-bond donors (Lipinski definition) is 3. The first kappa shape index (κ1) is 15.2. The van der Waals surface area contributed by atoms with Crippen molar-refractivity contribution in [1.29, 1.82) is 5.41 Å². The quantitative estimate of drug-likeness (QED) is 0.479. The molecule has 2 amide bonds. The molecule has 3 rings (SSSR count). The summed E-state index contributed by atoms with van der Waals surface area (Å²) in [5.74, 6) is 0. The lowest BCUT2D eigenvalue weighted by molar-refractivity contribution is 0.262. The van der Waals surface area contributed by atoms with Crippen LogP contribution in [0.3, 0.4) is 0 Å². The second-order valence-corrected chi connectivity index (χ2v) is 5.68. The van der Waals surface area contributed by atoms with Gasteiger partial charge in [0.05, 0.1) is 11.3 Å². The molecule has 0 fully saturated rings. The van der Waals surface area contributed by atoms with Crippen molar-refractivity contribution in [2.75, 3.05) is 16.9 Å². The second kappa shape index (κ2) is 6.58. The second-order valence-electron chi connectivity index (χ2n) is 4.87. The molecule has 0 saturated carbocycles. The number of amides is 2. The Labute approximate surface area is 137 Å². The molecule has 1 heterocycles. The molecule has 0 spiro atoms. The van der Waals surface area contributed by atoms with Crippen LogP contribution in [-0.2, 0) is 0 Å². The summed E-state index contributed by atoms with van der Waals surface area (Å²) in [7, 11) is 0. The van der Waals surface area contributed by atoms with Gasteiger partial charge in [0.1, 0.15) is 5.58 Å². The molecule has 0 saturated heterocycles. The maximum absolute atomic E-state index is 12.1. The van der Waals surface area contributed by atoms with E-state index in [1.165, 1.54) is 11.8 Å². The first-order chi connectivity index (χ1) is 11.2. The van der Waals surface area contributed by atoms with Crippen molar-refractivity contribution in [3.8, 4) is 0 Å². The molecule has 5 nitrogen and oxygen atoms in total. The van der Waals surface area contributed by atoms with Gasteiger partial charge in [-0.3, -0.25) is 5.41 Å². The van der Waals surface area contributed by atoms with Crippen LogP contribution in [-0.4, -0.2) is 17.3 Å². The minimum atomic E-state index is -0.333. The maximum Gasteiger partial charge on any atom is 0.323 e. The van der Waals surface area contributed by atoms with Crippen molar-refractivity contribution in [3.05, 3.63) is 60.4 Å². The van der Waals surface area contributed by atoms with Crippen molar-refractivity contribution in [3.63, 3.8) is 0 Å². The van der Waals surface area contributed by atoms with Crippen LogP contribution in [0.1, 0.15) is 5.56 Å². The average molecular weight is 325 g/mol. The molecule has 116 valence electrons. The third kappa shape index (κ3) is 3.54. The Morgan fingerprint density at radius 3 is 2.65 bits per heavy atom. The highest BCUT2D eigenvalue weighted by Gasteiger charge is 2.06. The smallest absolute Gasteiger partial charge is 0.323 e. The van der Waals surface area contributed by atoms with Crippen molar-refractivity contribution < 1.29 is 9.21 Å². The van der Waals surface area contributed by atoms with Crippen molar-refractivity contribution in [1.82, 2.24) is 0 Å². The van der Waals surface area contributed by atoms with E-state index in [-0.39, 0.29) is 6.03 Å². The predicted molar refractivity (Wildman–Crippen MR) is 95.6 cm³/mol. The van der Waals surface area contributed by atoms with Crippen LogP contribution in [0.5, 0.6) is 0 Å². The number of urea groups is 1. The van der Waals surface area contributed by atoms with Crippen LogP contribution < -0.4 is 10.6 Å². The Morgan fingerprint density at radius 2 is 1.87 bits per heavy atom. The van der Waals surface area contributed by atoms with Crippen molar-refractivity contribution >= 4 is 45.2 Å². The normalized spacial score (nSPS) is 10.5. The van der Waals surface area contributed by atoms with Gasteiger partial charge in [0.2, 0.25) is 0 Å². The summed E-state index contributed by atoms with van der Waals surface area (Å²) >= 11 is 1.36. The number of fused-ring (bicyclic) bond motifs is 1. The number of anilines is 2. The summed E-state index contributed by atoms with van der Waals surface area (Å²) in [6.07, 6.45) is 3.46. The number of thioether (sulfide) groups is 1. The van der Waals surface area contributed by atoms with Gasteiger partial charge in [-0.05, 0) is 42.7 Å². The molecule has 6 heteroatoms. The third-order valence-electron chi connectivity index (χ3n) is 3.30. The van der Waals surface area contributed by atoms with E-state index < -0.39 is 0 Å². The molecule has 3 aromatic rings. The number of furan rings is 1. The van der Waals surface area contributed by atoms with E-state index in [2.05, 4.69) is 10.6 Å². The van der Waals surface area contributed by atoms with Gasteiger partial charge in [-0.1, -0.05) is 12.1 Å². The van der Waals surface area contributed by atoms with Crippen molar-refractivity contribution in [2.24, 2.45) is 0 Å². The van der Waals surface area contributed by atoms with E-state index in [9.17, 15) is 4.79 Å². The number of carbonyl (C=O) groups is 1. The zero-order chi connectivity index (χ0) is 16.2. The summed E-state index contributed by atoms with van der Waals surface area (Å²) in [4.78, 5) is 12.1. The number of benzene rings is 2. The number of hydrogen-bond acceptors (Lipinski definition) is 4. The highest BCUT2D eigenvalue weighted by Crippen LogP contribution is 2.20. The molecule has 1 aromatic heterocycles. The minimum absolute atomic E-state index is 0.333. The number of nitrogens with one attached hydrogen (secondary N) is 3. The molecule has 0 unspecified atom stereocenters. The van der Waals surface area contributed by atoms with E-state index in [0.717, 1.165) is 16.5 Å². The highest BCUT2D eigenvalue weighted by molar-refractivity contribution is 8.13. The Bertz CT molecular complexity index is 873. The van der Waals surface area contributed by atoms with Gasteiger partial charge in [0, 0.05) is 22.3 Å². The Hall–Kier alpha value is -2.73. The van der Waals surface area contributed by atoms with Crippen LogP contribution in [0.2, 0.25) is 0 Å². The first-order valence-corrected chi connectivity index (χ1v) is 8.16. The monoisotopic (exact) mass is 325 g/mol. The fourth-order valence-corrected chi connectivity index (χ4v) is 2.56. The first-order valence-electron chi connectivity index (χ1n) is 6.94. The molecule has 23 heavy (non-hydrogen) atoms. The van der Waals surface area contributed by atoms with E-state index in [0.29, 0.717) is 16.4 Å². The molecule has 0 radical (unpaired) electrons. The lowest BCUT2D eigenvalue weighted by Gasteiger charge is -2.09. The maximum atomic E-state index is 12.1. The number of carbonyl (C=O) groups excluding carboxylic acids is 1. The summed E-state index contributed by atoms with van der Waals surface area (Å²) in [5.41, 5.74) is 2.88. The van der Waals surface area contributed by atoms with Gasteiger partial charge in [0.25, 0.3) is 0 Å². The molecular weight excluding hydrogens is 310 g/mol. The van der Waals surface area contributed by atoms with Gasteiger partial charge in [-0.2, -0.15) is 0 Å². The standard InChI is InChI=1S/C17H15N3O2S/c1-23-16(18)12-3-2-4-13(10-12)19-17(21)20-14-5-6-15-11(9-14)7-8-22-15/h2-10,18H,1H3,(H2,19,20,21). The fraction of sp³-hybridized carbons (Fsp3) is 0.0588. The lowest BCUT2D eigenvalue weighted by Crippen LogP contribution is -2.19. The van der Waals surface area contributed by atoms with Gasteiger partial charge in [-0.25, -0.2) is 4.79 Å². The largest absolute Gasteiger partial charge is 0.464 e. The van der Waals surface area contributed by atoms with E-state index in [1.54, 1.807) is 24.5 Å². The van der Waals surface area contributed by atoms with Gasteiger partial charge < -0.3 is 15.1 Å². The minimum Gasteiger partial charge on any atom is -0.464 e. The van der Waals surface area contributed by atoms with Gasteiger partial charge in [-0.15, -0.1) is 11.8 Å². The Kier molecular flexibility index (Phi) is 4.34. The molecule has 0 bridgehead atoms. The third-order valence-corrected chi connectivity index (χ3v) is 3.94. The molecule has 3 N–H and O–H groups in total. The summed E-state index contributed by atoms with van der Waals surface area (Å²) in [5, 5.41) is 14.8. The topological polar surface area (TPSA) is 78.1 Å². The Morgan fingerprint density at radius 1 is 1.09 bits per heavy atom. The molecule has 0 aliphatic rings.